The van der Waals surface area contributed by atoms with E-state index in [1.165, 1.54) is 0 Å². The van der Waals surface area contributed by atoms with Gasteiger partial charge < -0.3 is 0 Å². The van der Waals surface area contributed by atoms with Crippen molar-refractivity contribution in [2.45, 2.75) is 19.4 Å². The maximum Gasteiger partial charge on any atom is 0.282 e. The van der Waals surface area contributed by atoms with Crippen LogP contribution in [-0.2, 0) is 16.8 Å². The Morgan fingerprint density at radius 3 is 2.37 bits per heavy atom. The summed E-state index contributed by atoms with van der Waals surface area (Å²) in [6.45, 7) is 2.23. The normalized spacial score (nSPS) is 17.2. The van der Waals surface area contributed by atoms with E-state index in [2.05, 4.69) is 15.9 Å². The minimum atomic E-state index is -3.32. The smallest absolute Gasteiger partial charge is 0.195 e. The third-order valence-corrected chi connectivity index (χ3v) is 5.59. The summed E-state index contributed by atoms with van der Waals surface area (Å²) in [4.78, 5) is 0. The fraction of sp³-hybridized carbons (Fsp3) is 0.538. The molecule has 0 N–H and O–H groups in total. The van der Waals surface area contributed by atoms with Gasteiger partial charge in [-0.15, -0.1) is 0 Å². The second kappa shape index (κ2) is 6.83. The van der Waals surface area contributed by atoms with Gasteiger partial charge in [-0.25, -0.2) is 0 Å². The lowest BCUT2D eigenvalue weighted by atomic mass is 10.2. The predicted octanol–water partition coefficient (Wildman–Crippen LogP) is 2.22. The SMILES string of the molecule is O=S(=O)(N1CCCC1)N(CCBr)Cc1ccccc1. The predicted molar refractivity (Wildman–Crippen MR) is 80.4 cm³/mol. The number of hydrogen-bond acceptors (Lipinski definition) is 2. The van der Waals surface area contributed by atoms with Crippen LogP contribution < -0.4 is 0 Å². The summed E-state index contributed by atoms with van der Waals surface area (Å²) in [5.41, 5.74) is 1.02. The van der Waals surface area contributed by atoms with E-state index < -0.39 is 10.2 Å². The fourth-order valence-electron chi connectivity index (χ4n) is 2.24. The molecule has 19 heavy (non-hydrogen) atoms. The summed E-state index contributed by atoms with van der Waals surface area (Å²) < 4.78 is 28.3. The molecule has 1 aliphatic heterocycles. The highest BCUT2D eigenvalue weighted by atomic mass is 79.9. The zero-order valence-corrected chi connectivity index (χ0v) is 13.2. The van der Waals surface area contributed by atoms with Crippen molar-refractivity contribution in [2.75, 3.05) is 25.0 Å². The summed E-state index contributed by atoms with van der Waals surface area (Å²) in [6.07, 6.45) is 1.93. The van der Waals surface area contributed by atoms with Gasteiger partial charge in [0.1, 0.15) is 0 Å². The highest BCUT2D eigenvalue weighted by Crippen LogP contribution is 2.18. The van der Waals surface area contributed by atoms with Gasteiger partial charge in [-0.2, -0.15) is 17.0 Å². The molecule has 106 valence electrons. The van der Waals surface area contributed by atoms with E-state index in [1.54, 1.807) is 8.61 Å². The Labute approximate surface area is 123 Å². The van der Waals surface area contributed by atoms with Gasteiger partial charge in [-0.1, -0.05) is 46.3 Å². The van der Waals surface area contributed by atoms with Crippen LogP contribution in [0.2, 0.25) is 0 Å². The van der Waals surface area contributed by atoms with Crippen LogP contribution in [0.15, 0.2) is 30.3 Å². The van der Waals surface area contributed by atoms with E-state index in [1.807, 2.05) is 30.3 Å². The van der Waals surface area contributed by atoms with Crippen molar-refractivity contribution in [3.05, 3.63) is 35.9 Å². The van der Waals surface area contributed by atoms with Crippen LogP contribution in [0, 0.1) is 0 Å². The van der Waals surface area contributed by atoms with Crippen LogP contribution in [-0.4, -0.2) is 42.0 Å². The molecule has 4 nitrogen and oxygen atoms in total. The average molecular weight is 347 g/mol. The van der Waals surface area contributed by atoms with Crippen molar-refractivity contribution in [3.63, 3.8) is 0 Å². The Kier molecular flexibility index (Phi) is 5.38. The van der Waals surface area contributed by atoms with Gasteiger partial charge in [-0.3, -0.25) is 0 Å². The molecule has 6 heteroatoms. The molecular weight excluding hydrogens is 328 g/mol. The molecule has 1 heterocycles. The number of alkyl halides is 1. The van der Waals surface area contributed by atoms with Gasteiger partial charge in [0.05, 0.1) is 0 Å². The number of hydrogen-bond donors (Lipinski definition) is 0. The van der Waals surface area contributed by atoms with E-state index in [0.717, 1.165) is 18.4 Å². The van der Waals surface area contributed by atoms with Gasteiger partial charge in [-0.05, 0) is 18.4 Å². The number of halogens is 1. The number of nitrogens with zero attached hydrogens (tertiary/aromatic N) is 2. The van der Waals surface area contributed by atoms with Crippen LogP contribution in [0.25, 0.3) is 0 Å². The van der Waals surface area contributed by atoms with E-state index in [9.17, 15) is 8.42 Å². The summed E-state index contributed by atoms with van der Waals surface area (Å²) in [6, 6.07) is 9.73. The zero-order valence-electron chi connectivity index (χ0n) is 10.8. The Hall–Kier alpha value is -0.430. The van der Waals surface area contributed by atoms with Crippen molar-refractivity contribution < 1.29 is 8.42 Å². The first-order valence-electron chi connectivity index (χ1n) is 6.49. The molecule has 0 bridgehead atoms. The van der Waals surface area contributed by atoms with Crippen molar-refractivity contribution in [2.24, 2.45) is 0 Å². The first-order valence-corrected chi connectivity index (χ1v) is 9.01. The average Bonchev–Trinajstić information content (AvgIpc) is 2.94. The van der Waals surface area contributed by atoms with Crippen molar-refractivity contribution in [1.82, 2.24) is 8.61 Å². The number of rotatable bonds is 6. The summed E-state index contributed by atoms with van der Waals surface area (Å²) >= 11 is 3.34. The molecule has 0 atom stereocenters. The lowest BCUT2D eigenvalue weighted by molar-refractivity contribution is 0.367. The molecule has 1 saturated heterocycles. The summed E-state index contributed by atoms with van der Waals surface area (Å²) in [5, 5.41) is 0.646. The van der Waals surface area contributed by atoms with Gasteiger partial charge in [0.2, 0.25) is 0 Å². The molecule has 0 spiro atoms. The van der Waals surface area contributed by atoms with E-state index in [0.29, 0.717) is 31.5 Å². The third-order valence-electron chi connectivity index (χ3n) is 3.25. The lowest BCUT2D eigenvalue weighted by Crippen LogP contribution is -2.42. The molecule has 1 aromatic carbocycles. The van der Waals surface area contributed by atoms with Crippen LogP contribution >= 0.6 is 15.9 Å². The molecule has 1 aliphatic rings. The topological polar surface area (TPSA) is 40.6 Å². The van der Waals surface area contributed by atoms with Crippen LogP contribution in [0.3, 0.4) is 0 Å². The molecule has 1 fully saturated rings. The first kappa shape index (κ1) is 15.0. The summed E-state index contributed by atoms with van der Waals surface area (Å²) in [7, 11) is -3.32. The largest absolute Gasteiger partial charge is 0.282 e. The summed E-state index contributed by atoms with van der Waals surface area (Å²) in [5.74, 6) is 0. The Bertz CT molecular complexity index is 487. The zero-order chi connectivity index (χ0) is 13.7. The molecule has 0 saturated carbocycles. The van der Waals surface area contributed by atoms with E-state index in [-0.39, 0.29) is 0 Å². The van der Waals surface area contributed by atoms with Crippen molar-refractivity contribution in [3.8, 4) is 0 Å². The molecule has 1 aromatic rings. The first-order chi connectivity index (χ1) is 9.14. The molecular formula is C13H19BrN2O2S. The Morgan fingerprint density at radius 2 is 1.79 bits per heavy atom. The van der Waals surface area contributed by atoms with Gasteiger partial charge in [0.15, 0.2) is 0 Å². The standard InChI is InChI=1S/C13H19BrN2O2S/c14-8-11-16(12-13-6-2-1-3-7-13)19(17,18)15-9-4-5-10-15/h1-3,6-7H,4-5,8-12H2. The Balaban J connectivity index is 2.15. The monoisotopic (exact) mass is 346 g/mol. The quantitative estimate of drug-likeness (QED) is 0.741. The molecule has 2 rings (SSSR count). The van der Waals surface area contributed by atoms with Crippen LogP contribution in [0.1, 0.15) is 18.4 Å². The van der Waals surface area contributed by atoms with Crippen molar-refractivity contribution in [1.29, 1.82) is 0 Å². The molecule has 0 amide bonds. The van der Waals surface area contributed by atoms with Gasteiger partial charge in [0.25, 0.3) is 10.2 Å². The maximum absolute atomic E-state index is 12.6. The molecule has 0 radical (unpaired) electrons. The third kappa shape index (κ3) is 3.78. The lowest BCUT2D eigenvalue weighted by Gasteiger charge is -2.26. The van der Waals surface area contributed by atoms with E-state index >= 15 is 0 Å². The molecule has 0 unspecified atom stereocenters. The second-order valence-electron chi connectivity index (χ2n) is 4.62. The van der Waals surface area contributed by atoms with Gasteiger partial charge >= 0.3 is 0 Å². The molecule has 0 aromatic heterocycles. The van der Waals surface area contributed by atoms with Gasteiger partial charge in [0, 0.05) is 31.5 Å². The van der Waals surface area contributed by atoms with Crippen molar-refractivity contribution >= 4 is 26.1 Å². The highest BCUT2D eigenvalue weighted by molar-refractivity contribution is 9.09. The van der Waals surface area contributed by atoms with E-state index in [4.69, 9.17) is 0 Å². The van der Waals surface area contributed by atoms with Crippen LogP contribution in [0.4, 0.5) is 0 Å². The highest BCUT2D eigenvalue weighted by Gasteiger charge is 2.31. The maximum atomic E-state index is 12.6. The fourth-order valence-corrected chi connectivity index (χ4v) is 4.58. The minimum absolute atomic E-state index is 0.436. The Morgan fingerprint density at radius 1 is 1.16 bits per heavy atom. The minimum Gasteiger partial charge on any atom is -0.195 e. The van der Waals surface area contributed by atoms with Crippen LogP contribution in [0.5, 0.6) is 0 Å². The molecule has 0 aliphatic carbocycles. The number of benzene rings is 1. The second-order valence-corrected chi connectivity index (χ2v) is 7.34.